The van der Waals surface area contributed by atoms with E-state index in [1.807, 2.05) is 12.1 Å². The second-order valence-electron chi connectivity index (χ2n) is 13.6. The highest BCUT2D eigenvalue weighted by molar-refractivity contribution is 5.89. The summed E-state index contributed by atoms with van der Waals surface area (Å²) in [6.07, 6.45) is 16.1. The Morgan fingerprint density at radius 2 is 1.93 bits per heavy atom. The van der Waals surface area contributed by atoms with Gasteiger partial charge in [-0.25, -0.2) is 4.99 Å². The van der Waals surface area contributed by atoms with Crippen molar-refractivity contribution in [1.29, 1.82) is 0 Å². The largest absolute Gasteiger partial charge is 0.504 e. The molecule has 44 heavy (non-hydrogen) atoms. The fourth-order valence-corrected chi connectivity index (χ4v) is 7.79. The smallest absolute Gasteiger partial charge is 0.186 e. The number of hydrogen-bond donors (Lipinski definition) is 3. The van der Waals surface area contributed by atoms with Gasteiger partial charge >= 0.3 is 0 Å². The van der Waals surface area contributed by atoms with Crippen LogP contribution < -0.4 is 16.2 Å². The molecule has 7 heteroatoms. The summed E-state index contributed by atoms with van der Waals surface area (Å²) in [6.45, 7) is 6.65. The zero-order valence-electron chi connectivity index (χ0n) is 27.4. The second-order valence-corrected chi connectivity index (χ2v) is 13.6. The summed E-state index contributed by atoms with van der Waals surface area (Å²) in [6, 6.07) is 1.86. The van der Waals surface area contributed by atoms with E-state index in [-0.39, 0.29) is 47.6 Å². The molecular weight excluding hydrogens is 550 g/mol. The molecule has 1 aromatic rings. The number of nitrogens with zero attached hydrogens (tertiary/aromatic N) is 1. The number of benzene rings is 1. The summed E-state index contributed by atoms with van der Waals surface area (Å²) in [5, 5.41) is 12.2. The Balaban J connectivity index is 1.90. The van der Waals surface area contributed by atoms with Crippen LogP contribution in [0.25, 0.3) is 0 Å². The van der Waals surface area contributed by atoms with E-state index in [1.54, 1.807) is 13.2 Å². The maximum Gasteiger partial charge on any atom is 0.186 e. The van der Waals surface area contributed by atoms with Crippen molar-refractivity contribution < 1.29 is 19.4 Å². The summed E-state index contributed by atoms with van der Waals surface area (Å²) >= 11 is 0. The molecule has 0 bridgehead atoms. The van der Waals surface area contributed by atoms with E-state index in [1.165, 1.54) is 0 Å². The normalized spacial score (nSPS) is 25.6. The van der Waals surface area contributed by atoms with Gasteiger partial charge in [-0.05, 0) is 112 Å². The number of fused-ring (bicyclic) bond motifs is 3. The number of hydrogen-bond acceptors (Lipinski definition) is 5. The second kappa shape index (κ2) is 16.4. The third-order valence-corrected chi connectivity index (χ3v) is 9.77. The number of methoxy groups -OCH3 is 1. The van der Waals surface area contributed by atoms with E-state index < -0.39 is 0 Å². The molecule has 0 spiro atoms. The van der Waals surface area contributed by atoms with E-state index in [2.05, 4.69) is 37.6 Å². The predicted octanol–water partition coefficient (Wildman–Crippen LogP) is 6.92. The van der Waals surface area contributed by atoms with Crippen LogP contribution in [-0.2, 0) is 16.0 Å². The lowest BCUT2D eigenvalue weighted by atomic mass is 9.62. The molecule has 0 aromatic heterocycles. The summed E-state index contributed by atoms with van der Waals surface area (Å²) in [5.41, 5.74) is 14.4. The SMILES string of the molecule is CCC/C=C/C(=O)CCc1cc(OC2CCCC2)c(O)c2c1C#CC[C@H](N=C(N)N)CC[C@@H]1[C@@H]2[C@@H](CC(C)C)CC[C@H]1OC. The third kappa shape index (κ3) is 8.81. The fraction of sp³-hybridized carbons (Fsp3) is 0.676. The average molecular weight is 606 g/mol. The van der Waals surface area contributed by atoms with Gasteiger partial charge in [-0.15, -0.1) is 0 Å². The first kappa shape index (κ1) is 33.9. The van der Waals surface area contributed by atoms with E-state index in [0.29, 0.717) is 36.8 Å². The summed E-state index contributed by atoms with van der Waals surface area (Å²) in [5.74, 6) is 8.88. The number of guanidine groups is 1. The molecular formula is C37H55N3O4. The minimum Gasteiger partial charge on any atom is -0.504 e. The van der Waals surface area contributed by atoms with Crippen LogP contribution in [0, 0.1) is 29.6 Å². The first-order valence-electron chi connectivity index (χ1n) is 17.1. The molecule has 4 rings (SSSR count). The van der Waals surface area contributed by atoms with Crippen LogP contribution in [0.1, 0.15) is 127 Å². The number of unbranched alkanes of at least 4 members (excludes halogenated alkanes) is 1. The number of aliphatic imine (C=N–C) groups is 1. The maximum atomic E-state index is 12.9. The Hall–Kier alpha value is -2.98. The number of ether oxygens (including phenoxy) is 2. The molecule has 2 fully saturated rings. The number of nitrogens with two attached hydrogens (primary N) is 2. The van der Waals surface area contributed by atoms with Gasteiger partial charge in [0.15, 0.2) is 23.2 Å². The number of ketones is 1. The number of phenolic OH excluding ortho intramolecular Hbond substituents is 1. The Kier molecular flexibility index (Phi) is 12.6. The number of aromatic hydroxyl groups is 1. The van der Waals surface area contributed by atoms with Gasteiger partial charge in [0, 0.05) is 31.1 Å². The van der Waals surface area contributed by atoms with Crippen LogP contribution in [0.5, 0.6) is 11.5 Å². The van der Waals surface area contributed by atoms with Crippen LogP contribution in [0.15, 0.2) is 23.2 Å². The van der Waals surface area contributed by atoms with Gasteiger partial charge in [0.2, 0.25) is 0 Å². The summed E-state index contributed by atoms with van der Waals surface area (Å²) < 4.78 is 12.7. The van der Waals surface area contributed by atoms with Crippen molar-refractivity contribution >= 4 is 11.7 Å². The fourth-order valence-electron chi connectivity index (χ4n) is 7.79. The van der Waals surface area contributed by atoms with Gasteiger partial charge in [0.25, 0.3) is 0 Å². The van der Waals surface area contributed by atoms with Crippen molar-refractivity contribution in [3.8, 4) is 23.3 Å². The van der Waals surface area contributed by atoms with Crippen molar-refractivity contribution in [1.82, 2.24) is 0 Å². The number of phenols is 1. The van der Waals surface area contributed by atoms with Gasteiger partial charge in [-0.2, -0.15) is 0 Å². The summed E-state index contributed by atoms with van der Waals surface area (Å²) in [7, 11) is 1.81. The monoisotopic (exact) mass is 605 g/mol. The molecule has 3 aliphatic carbocycles. The van der Waals surface area contributed by atoms with Gasteiger partial charge < -0.3 is 26.0 Å². The van der Waals surface area contributed by atoms with Crippen LogP contribution in [-0.4, -0.2) is 42.2 Å². The lowest BCUT2D eigenvalue weighted by Gasteiger charge is -2.45. The first-order chi connectivity index (χ1) is 21.2. The van der Waals surface area contributed by atoms with Gasteiger partial charge in [-0.3, -0.25) is 4.79 Å². The van der Waals surface area contributed by atoms with E-state index in [0.717, 1.165) is 87.3 Å². The van der Waals surface area contributed by atoms with Crippen molar-refractivity contribution in [2.45, 2.75) is 135 Å². The van der Waals surface area contributed by atoms with Crippen molar-refractivity contribution in [3.05, 3.63) is 34.9 Å². The minimum absolute atomic E-state index is 0.0318. The van der Waals surface area contributed by atoms with Crippen LogP contribution in [0.3, 0.4) is 0 Å². The molecule has 0 radical (unpaired) electrons. The van der Waals surface area contributed by atoms with Gasteiger partial charge in [-0.1, -0.05) is 45.1 Å². The van der Waals surface area contributed by atoms with Gasteiger partial charge in [0.05, 0.1) is 18.2 Å². The number of aryl methyl sites for hydroxylation is 1. The van der Waals surface area contributed by atoms with Crippen LogP contribution in [0.4, 0.5) is 0 Å². The Morgan fingerprint density at radius 1 is 1.16 bits per heavy atom. The molecule has 5 atom stereocenters. The van der Waals surface area contributed by atoms with Crippen LogP contribution >= 0.6 is 0 Å². The van der Waals surface area contributed by atoms with Crippen molar-refractivity contribution in [2.24, 2.45) is 34.2 Å². The molecule has 242 valence electrons. The molecule has 0 heterocycles. The highest BCUT2D eigenvalue weighted by Gasteiger charge is 2.44. The Bertz CT molecular complexity index is 1230. The lowest BCUT2D eigenvalue weighted by molar-refractivity contribution is -0.114. The van der Waals surface area contributed by atoms with Crippen molar-refractivity contribution in [3.63, 3.8) is 0 Å². The maximum absolute atomic E-state index is 12.9. The zero-order valence-corrected chi connectivity index (χ0v) is 27.4. The highest BCUT2D eigenvalue weighted by Crippen LogP contribution is 2.53. The Labute approximate surface area is 265 Å². The zero-order chi connectivity index (χ0) is 31.6. The standard InChI is InChI=1S/C37H55N3O4/c1-5-6-7-12-28(41)19-16-25-23-33(44-29-13-8-9-14-29)36(42)35-30(25)15-10-11-27(40-37(38)39)18-20-31-32(43-4)21-17-26(34(31)35)22-24(2)3/h7,12,23-24,26-27,29,31-32,34,42H,5-6,8-9,11,13-14,16-22H2,1-4H3,(H4,38,39,40)/b12-7+/t26-,27+,31+,32-,34+/m1/s1. The summed E-state index contributed by atoms with van der Waals surface area (Å²) in [4.78, 5) is 17.4. The predicted molar refractivity (Wildman–Crippen MR) is 178 cm³/mol. The Morgan fingerprint density at radius 3 is 2.61 bits per heavy atom. The molecule has 2 saturated carbocycles. The topological polar surface area (TPSA) is 120 Å². The molecule has 0 amide bonds. The van der Waals surface area contributed by atoms with E-state index >= 15 is 0 Å². The molecule has 0 saturated heterocycles. The molecule has 1 aromatic carbocycles. The minimum atomic E-state index is -0.106. The average Bonchev–Trinajstić information content (AvgIpc) is 3.49. The third-order valence-electron chi connectivity index (χ3n) is 9.77. The van der Waals surface area contributed by atoms with Gasteiger partial charge in [0.1, 0.15) is 0 Å². The first-order valence-corrected chi connectivity index (χ1v) is 17.1. The van der Waals surface area contributed by atoms with E-state index in [9.17, 15) is 9.90 Å². The molecule has 0 unspecified atom stereocenters. The van der Waals surface area contributed by atoms with Crippen molar-refractivity contribution in [2.75, 3.05) is 7.11 Å². The highest BCUT2D eigenvalue weighted by atomic mass is 16.5. The number of rotatable bonds is 12. The van der Waals surface area contributed by atoms with E-state index in [4.69, 9.17) is 20.9 Å². The lowest BCUT2D eigenvalue weighted by Crippen LogP contribution is -2.39. The van der Waals surface area contributed by atoms with Crippen LogP contribution in [0.2, 0.25) is 0 Å². The number of carbonyl (C=O) groups is 1. The molecule has 0 aliphatic heterocycles. The number of allylic oxidation sites excluding steroid dienone is 2. The molecule has 5 N–H and O–H groups in total. The number of carbonyl (C=O) groups excluding carboxylic acids is 1. The molecule has 7 nitrogen and oxygen atoms in total. The molecule has 3 aliphatic rings. The quantitative estimate of drug-likeness (QED) is 0.103.